The van der Waals surface area contributed by atoms with Gasteiger partial charge in [0.1, 0.15) is 29.4 Å². The molecular weight excluding hydrogens is 298 g/mol. The van der Waals surface area contributed by atoms with Gasteiger partial charge in [0, 0.05) is 0 Å². The van der Waals surface area contributed by atoms with E-state index in [1.165, 1.54) is 17.0 Å². The Bertz CT molecular complexity index is 425. The van der Waals surface area contributed by atoms with Crippen molar-refractivity contribution in [3.05, 3.63) is 22.5 Å². The maximum absolute atomic E-state index is 10.7. The summed E-state index contributed by atoms with van der Waals surface area (Å²) in [6, 6.07) is 0. The van der Waals surface area contributed by atoms with Crippen molar-refractivity contribution in [2.24, 2.45) is 0 Å². The van der Waals surface area contributed by atoms with Crippen molar-refractivity contribution in [1.82, 2.24) is 9.55 Å². The third-order valence-electron chi connectivity index (χ3n) is 2.56. The largest absolute Gasteiger partial charge is 0.436 e. The molecule has 0 aliphatic carbocycles. The van der Waals surface area contributed by atoms with E-state index >= 15 is 0 Å². The minimum absolute atomic E-state index is 0.359. The Morgan fingerprint density at radius 3 is 2.94 bits per heavy atom. The highest BCUT2D eigenvalue weighted by Gasteiger charge is 2.46. The molecule has 9 heteroatoms. The van der Waals surface area contributed by atoms with Gasteiger partial charge in [-0.2, -0.15) is 0 Å². The van der Waals surface area contributed by atoms with Crippen LogP contribution in [0.4, 0.5) is 5.95 Å². The summed E-state index contributed by atoms with van der Waals surface area (Å²) in [4.78, 5) is 13.1. The maximum Gasteiger partial charge on any atom is 0.436 e. The van der Waals surface area contributed by atoms with Crippen molar-refractivity contribution >= 4 is 21.9 Å². The first kappa shape index (κ1) is 12.4. The van der Waals surface area contributed by atoms with Crippen molar-refractivity contribution in [3.8, 4) is 0 Å². The van der Waals surface area contributed by atoms with Crippen molar-refractivity contribution in [1.29, 1.82) is 0 Å². The van der Waals surface area contributed by atoms with Gasteiger partial charge in [-0.15, -0.1) is 0 Å². The van der Waals surface area contributed by atoms with Crippen molar-refractivity contribution in [3.63, 3.8) is 0 Å². The lowest BCUT2D eigenvalue weighted by Crippen LogP contribution is -2.29. The lowest BCUT2D eigenvalue weighted by molar-refractivity contribution is -0.398. The van der Waals surface area contributed by atoms with Gasteiger partial charge < -0.3 is 25.1 Å². The molecule has 0 bridgehead atoms. The van der Waals surface area contributed by atoms with E-state index in [1.807, 2.05) is 0 Å². The standard InChI is InChI=1S/C8H10BrN3O5/c9-5-6(14)4(3-13)17-7(5)11-2-1-10-8(11)12(15)16/h1-2,4-7,13-14H,3H2/t4-,5-,6-,7-/m1/s1. The van der Waals surface area contributed by atoms with E-state index in [0.29, 0.717) is 0 Å². The summed E-state index contributed by atoms with van der Waals surface area (Å²) < 4.78 is 6.55. The number of rotatable bonds is 3. The highest BCUT2D eigenvalue weighted by molar-refractivity contribution is 9.09. The average molecular weight is 308 g/mol. The number of aliphatic hydroxyl groups excluding tert-OH is 2. The number of aliphatic hydroxyl groups is 2. The van der Waals surface area contributed by atoms with Crippen molar-refractivity contribution in [2.45, 2.75) is 23.3 Å². The lowest BCUT2D eigenvalue weighted by Gasteiger charge is -2.12. The van der Waals surface area contributed by atoms with E-state index in [1.54, 1.807) is 0 Å². The van der Waals surface area contributed by atoms with Gasteiger partial charge in [0.2, 0.25) is 0 Å². The predicted octanol–water partition coefficient (Wildman–Crippen LogP) is -0.195. The topological polar surface area (TPSA) is 111 Å². The molecule has 0 amide bonds. The molecule has 0 aromatic carbocycles. The van der Waals surface area contributed by atoms with Crippen LogP contribution in [0.5, 0.6) is 0 Å². The van der Waals surface area contributed by atoms with Crippen LogP contribution < -0.4 is 0 Å². The number of hydrogen-bond donors (Lipinski definition) is 2. The zero-order valence-corrected chi connectivity index (χ0v) is 10.1. The molecule has 94 valence electrons. The van der Waals surface area contributed by atoms with Crippen LogP contribution in [0.25, 0.3) is 0 Å². The predicted molar refractivity (Wildman–Crippen MR) is 58.6 cm³/mol. The molecule has 4 atom stereocenters. The molecule has 17 heavy (non-hydrogen) atoms. The number of imidazole rings is 1. The summed E-state index contributed by atoms with van der Waals surface area (Å²) >= 11 is 3.20. The molecule has 1 saturated heterocycles. The van der Waals surface area contributed by atoms with E-state index in [2.05, 4.69) is 20.9 Å². The molecule has 1 aliphatic heterocycles. The Morgan fingerprint density at radius 2 is 2.41 bits per heavy atom. The lowest BCUT2D eigenvalue weighted by atomic mass is 10.2. The van der Waals surface area contributed by atoms with Crippen LogP contribution in [0.1, 0.15) is 6.23 Å². The maximum atomic E-state index is 10.7. The Labute approximate surface area is 104 Å². The number of alkyl halides is 1. The van der Waals surface area contributed by atoms with Gasteiger partial charge >= 0.3 is 5.95 Å². The summed E-state index contributed by atoms with van der Waals surface area (Å²) in [5.41, 5.74) is 0. The fraction of sp³-hybridized carbons (Fsp3) is 0.625. The number of ether oxygens (including phenoxy) is 1. The van der Waals surface area contributed by atoms with Gasteiger partial charge in [-0.3, -0.25) is 0 Å². The number of halogens is 1. The molecule has 1 aliphatic rings. The normalized spacial score (nSPS) is 32.9. The van der Waals surface area contributed by atoms with E-state index < -0.39 is 28.2 Å². The Morgan fingerprint density at radius 1 is 1.71 bits per heavy atom. The van der Waals surface area contributed by atoms with Crippen molar-refractivity contribution < 1.29 is 19.9 Å². The number of aromatic nitrogens is 2. The number of nitrogens with zero attached hydrogens (tertiary/aromatic N) is 3. The quantitative estimate of drug-likeness (QED) is 0.455. The van der Waals surface area contributed by atoms with E-state index in [4.69, 9.17) is 9.84 Å². The van der Waals surface area contributed by atoms with E-state index in [0.717, 1.165) is 0 Å². The molecule has 8 nitrogen and oxygen atoms in total. The van der Waals surface area contributed by atoms with Crippen LogP contribution in [0.15, 0.2) is 12.4 Å². The third-order valence-corrected chi connectivity index (χ3v) is 3.55. The van der Waals surface area contributed by atoms with Crippen LogP contribution >= 0.6 is 15.9 Å². The Balaban J connectivity index is 2.29. The molecular formula is C8H10BrN3O5. The van der Waals surface area contributed by atoms with Gasteiger partial charge in [-0.1, -0.05) is 20.9 Å². The number of nitro groups is 1. The molecule has 0 spiro atoms. The second kappa shape index (κ2) is 4.69. The Hall–Kier alpha value is -1.03. The molecule has 0 unspecified atom stereocenters. The first-order valence-electron chi connectivity index (χ1n) is 4.82. The molecule has 1 aromatic heterocycles. The summed E-state index contributed by atoms with van der Waals surface area (Å²) in [6.45, 7) is -0.359. The highest BCUT2D eigenvalue weighted by Crippen LogP contribution is 2.36. The van der Waals surface area contributed by atoms with E-state index in [-0.39, 0.29) is 12.6 Å². The monoisotopic (exact) mass is 307 g/mol. The molecule has 2 N–H and O–H groups in total. The smallest absolute Gasteiger partial charge is 0.394 e. The van der Waals surface area contributed by atoms with E-state index in [9.17, 15) is 15.2 Å². The van der Waals surface area contributed by atoms with Gasteiger partial charge in [-0.25, -0.2) is 4.57 Å². The summed E-state index contributed by atoms with van der Waals surface area (Å²) in [5, 5.41) is 29.4. The SMILES string of the molecule is O=[N+]([O-])c1nccn1[C@@H]1O[C@H](CO)[C@@H](O)[C@H]1Br. The van der Waals surface area contributed by atoms with Gasteiger partial charge in [-0.05, 0) is 4.92 Å². The average Bonchev–Trinajstić information content (AvgIpc) is 2.86. The highest BCUT2D eigenvalue weighted by atomic mass is 79.9. The second-order valence-electron chi connectivity index (χ2n) is 3.57. The molecule has 2 rings (SSSR count). The minimum Gasteiger partial charge on any atom is -0.394 e. The summed E-state index contributed by atoms with van der Waals surface area (Å²) in [5.74, 6) is -0.370. The molecule has 1 fully saturated rings. The fourth-order valence-electron chi connectivity index (χ4n) is 1.72. The Kier molecular flexibility index (Phi) is 3.43. The molecule has 2 heterocycles. The number of hydrogen-bond acceptors (Lipinski definition) is 6. The summed E-state index contributed by atoms with van der Waals surface area (Å²) in [7, 11) is 0. The summed E-state index contributed by atoms with van der Waals surface area (Å²) in [6.07, 6.45) is 0.187. The van der Waals surface area contributed by atoms with Gasteiger partial charge in [0.25, 0.3) is 0 Å². The van der Waals surface area contributed by atoms with Crippen LogP contribution in [0.3, 0.4) is 0 Å². The first-order valence-corrected chi connectivity index (χ1v) is 5.73. The molecule has 0 saturated carbocycles. The zero-order chi connectivity index (χ0) is 12.6. The zero-order valence-electron chi connectivity index (χ0n) is 8.51. The van der Waals surface area contributed by atoms with Gasteiger partial charge in [0.05, 0.1) is 6.61 Å². The third kappa shape index (κ3) is 2.06. The molecule has 1 aromatic rings. The second-order valence-corrected chi connectivity index (χ2v) is 4.63. The first-order chi connectivity index (χ1) is 8.06. The van der Waals surface area contributed by atoms with Crippen LogP contribution in [-0.4, -0.2) is 48.3 Å². The van der Waals surface area contributed by atoms with Crippen LogP contribution in [0.2, 0.25) is 0 Å². The van der Waals surface area contributed by atoms with Crippen molar-refractivity contribution in [2.75, 3.05) is 6.61 Å². The minimum atomic E-state index is -0.938. The van der Waals surface area contributed by atoms with Crippen LogP contribution in [0, 0.1) is 10.1 Å². The van der Waals surface area contributed by atoms with Gasteiger partial charge in [0.15, 0.2) is 6.23 Å². The van der Waals surface area contributed by atoms with Crippen LogP contribution in [-0.2, 0) is 4.74 Å². The molecule has 0 radical (unpaired) electrons. The fourth-order valence-corrected chi connectivity index (χ4v) is 2.44.